The Bertz CT molecular complexity index is 293. The van der Waals surface area contributed by atoms with E-state index < -0.39 is 0 Å². The summed E-state index contributed by atoms with van der Waals surface area (Å²) in [5.41, 5.74) is 6.15. The highest BCUT2D eigenvalue weighted by atomic mass is 15.3. The first-order valence-corrected chi connectivity index (χ1v) is 5.68. The monoisotopic (exact) mass is 210 g/mol. The molecule has 0 aliphatic carbocycles. The van der Waals surface area contributed by atoms with Crippen LogP contribution in [0.3, 0.4) is 0 Å². The Morgan fingerprint density at radius 2 is 2.07 bits per heavy atom. The fourth-order valence-corrected chi connectivity index (χ4v) is 1.60. The van der Waals surface area contributed by atoms with Crippen molar-refractivity contribution in [1.29, 1.82) is 0 Å². The first kappa shape index (κ1) is 12.2. The van der Waals surface area contributed by atoms with Gasteiger partial charge in [-0.25, -0.2) is 4.98 Å². The van der Waals surface area contributed by atoms with Crippen LogP contribution in [0.4, 0.5) is 0 Å². The molecule has 1 heterocycles. The van der Waals surface area contributed by atoms with E-state index in [-0.39, 0.29) is 6.04 Å². The molecule has 0 bridgehead atoms. The number of nitrogens with zero attached hydrogens (tertiary/aromatic N) is 3. The minimum Gasteiger partial charge on any atom is -0.327 e. The van der Waals surface area contributed by atoms with Crippen molar-refractivity contribution in [3.8, 4) is 0 Å². The maximum absolute atomic E-state index is 6.15. The highest BCUT2D eigenvalue weighted by molar-refractivity contribution is 4.90. The molecule has 2 N–H and O–H groups in total. The van der Waals surface area contributed by atoms with E-state index in [0.717, 1.165) is 18.8 Å². The smallest absolute Gasteiger partial charge is 0.138 e. The zero-order valence-corrected chi connectivity index (χ0v) is 10.1. The molecular weight excluding hydrogens is 188 g/mol. The Hall–Kier alpha value is -0.900. The average Bonchev–Trinajstić information content (AvgIpc) is 2.63. The summed E-state index contributed by atoms with van der Waals surface area (Å²) in [6.07, 6.45) is 2.42. The number of rotatable bonds is 5. The van der Waals surface area contributed by atoms with Crippen molar-refractivity contribution in [2.24, 2.45) is 17.6 Å². The third kappa shape index (κ3) is 3.02. The first-order chi connectivity index (χ1) is 7.06. The van der Waals surface area contributed by atoms with E-state index in [1.165, 1.54) is 0 Å². The third-order valence-electron chi connectivity index (χ3n) is 3.14. The summed E-state index contributed by atoms with van der Waals surface area (Å²) < 4.78 is 1.91. The number of aryl methyl sites for hydroxylation is 1. The molecule has 4 heteroatoms. The van der Waals surface area contributed by atoms with Crippen molar-refractivity contribution in [3.63, 3.8) is 0 Å². The summed E-state index contributed by atoms with van der Waals surface area (Å²) in [6, 6.07) is 0.166. The van der Waals surface area contributed by atoms with Crippen molar-refractivity contribution in [3.05, 3.63) is 12.2 Å². The van der Waals surface area contributed by atoms with E-state index in [9.17, 15) is 0 Å². The van der Waals surface area contributed by atoms with Crippen LogP contribution in [0.25, 0.3) is 0 Å². The molecule has 1 aromatic heterocycles. The SMILES string of the molecule is CCn1ncnc1CC(N)C(C)C(C)C. The number of hydrogen-bond acceptors (Lipinski definition) is 3. The molecular formula is C11H22N4. The van der Waals surface area contributed by atoms with Crippen LogP contribution in [0.2, 0.25) is 0 Å². The second-order valence-electron chi connectivity index (χ2n) is 4.46. The molecule has 0 radical (unpaired) electrons. The fraction of sp³-hybridized carbons (Fsp3) is 0.818. The van der Waals surface area contributed by atoms with E-state index in [4.69, 9.17) is 5.73 Å². The Balaban J connectivity index is 2.61. The first-order valence-electron chi connectivity index (χ1n) is 5.68. The maximum Gasteiger partial charge on any atom is 0.138 e. The van der Waals surface area contributed by atoms with E-state index in [1.807, 2.05) is 4.68 Å². The predicted molar refractivity (Wildman–Crippen MR) is 61.4 cm³/mol. The molecule has 1 aromatic rings. The molecule has 86 valence electrons. The van der Waals surface area contributed by atoms with Crippen molar-refractivity contribution in [1.82, 2.24) is 14.8 Å². The van der Waals surface area contributed by atoms with Crippen LogP contribution in [0, 0.1) is 11.8 Å². The highest BCUT2D eigenvalue weighted by Gasteiger charge is 2.18. The van der Waals surface area contributed by atoms with Crippen molar-refractivity contribution < 1.29 is 0 Å². The van der Waals surface area contributed by atoms with Crippen molar-refractivity contribution in [2.75, 3.05) is 0 Å². The lowest BCUT2D eigenvalue weighted by molar-refractivity contribution is 0.338. The topological polar surface area (TPSA) is 56.7 Å². The van der Waals surface area contributed by atoms with E-state index in [1.54, 1.807) is 6.33 Å². The van der Waals surface area contributed by atoms with E-state index >= 15 is 0 Å². The minimum absolute atomic E-state index is 0.166. The Kier molecular flexibility index (Phi) is 4.27. The summed E-state index contributed by atoms with van der Waals surface area (Å²) in [6.45, 7) is 9.53. The predicted octanol–water partition coefficient (Wildman–Crippen LogP) is 1.46. The molecule has 4 nitrogen and oxygen atoms in total. The van der Waals surface area contributed by atoms with Gasteiger partial charge in [0.15, 0.2) is 0 Å². The largest absolute Gasteiger partial charge is 0.327 e. The second-order valence-corrected chi connectivity index (χ2v) is 4.46. The van der Waals surface area contributed by atoms with Gasteiger partial charge in [-0.2, -0.15) is 5.10 Å². The molecule has 0 amide bonds. The van der Waals surface area contributed by atoms with Gasteiger partial charge in [0, 0.05) is 19.0 Å². The molecule has 0 saturated carbocycles. The van der Waals surface area contributed by atoms with Crippen LogP contribution < -0.4 is 5.73 Å². The molecule has 0 aliphatic rings. The van der Waals surface area contributed by atoms with Gasteiger partial charge in [0.05, 0.1) is 0 Å². The molecule has 1 rings (SSSR count). The Labute approximate surface area is 91.9 Å². The Morgan fingerprint density at radius 1 is 1.40 bits per heavy atom. The molecule has 0 aliphatic heterocycles. The third-order valence-corrected chi connectivity index (χ3v) is 3.14. The molecule has 0 saturated heterocycles. The number of hydrogen-bond donors (Lipinski definition) is 1. The van der Waals surface area contributed by atoms with Gasteiger partial charge >= 0.3 is 0 Å². The molecule has 0 spiro atoms. The zero-order valence-electron chi connectivity index (χ0n) is 10.1. The normalized spacial score (nSPS) is 15.6. The fourth-order valence-electron chi connectivity index (χ4n) is 1.60. The van der Waals surface area contributed by atoms with Gasteiger partial charge in [0.1, 0.15) is 12.2 Å². The summed E-state index contributed by atoms with van der Waals surface area (Å²) >= 11 is 0. The van der Waals surface area contributed by atoms with E-state index in [2.05, 4.69) is 37.8 Å². The highest BCUT2D eigenvalue weighted by Crippen LogP contribution is 2.15. The van der Waals surface area contributed by atoms with Gasteiger partial charge in [-0.15, -0.1) is 0 Å². The summed E-state index contributed by atoms with van der Waals surface area (Å²) in [5, 5.41) is 4.14. The van der Waals surface area contributed by atoms with Gasteiger partial charge in [0.25, 0.3) is 0 Å². The summed E-state index contributed by atoms with van der Waals surface area (Å²) in [4.78, 5) is 4.24. The van der Waals surface area contributed by atoms with Crippen molar-refractivity contribution in [2.45, 2.75) is 46.7 Å². The lowest BCUT2D eigenvalue weighted by Crippen LogP contribution is -2.34. The van der Waals surface area contributed by atoms with Gasteiger partial charge in [-0.05, 0) is 18.8 Å². The average molecular weight is 210 g/mol. The van der Waals surface area contributed by atoms with E-state index in [0.29, 0.717) is 11.8 Å². The Morgan fingerprint density at radius 3 is 2.60 bits per heavy atom. The lowest BCUT2D eigenvalue weighted by Gasteiger charge is -2.22. The zero-order chi connectivity index (χ0) is 11.4. The second kappa shape index (κ2) is 5.26. The van der Waals surface area contributed by atoms with Crippen LogP contribution in [0.15, 0.2) is 6.33 Å². The van der Waals surface area contributed by atoms with Crippen LogP contribution in [-0.2, 0) is 13.0 Å². The maximum atomic E-state index is 6.15. The lowest BCUT2D eigenvalue weighted by atomic mass is 9.89. The van der Waals surface area contributed by atoms with Gasteiger partial charge in [-0.1, -0.05) is 20.8 Å². The van der Waals surface area contributed by atoms with Gasteiger partial charge in [-0.3, -0.25) is 4.68 Å². The van der Waals surface area contributed by atoms with Gasteiger partial charge < -0.3 is 5.73 Å². The summed E-state index contributed by atoms with van der Waals surface area (Å²) in [7, 11) is 0. The van der Waals surface area contributed by atoms with Crippen LogP contribution in [-0.4, -0.2) is 20.8 Å². The van der Waals surface area contributed by atoms with Gasteiger partial charge in [0.2, 0.25) is 0 Å². The van der Waals surface area contributed by atoms with Crippen molar-refractivity contribution >= 4 is 0 Å². The number of nitrogens with two attached hydrogens (primary N) is 1. The molecule has 2 unspecified atom stereocenters. The molecule has 15 heavy (non-hydrogen) atoms. The number of aromatic nitrogens is 3. The van der Waals surface area contributed by atoms with Crippen LogP contribution in [0.1, 0.15) is 33.5 Å². The van der Waals surface area contributed by atoms with Crippen LogP contribution in [0.5, 0.6) is 0 Å². The molecule has 2 atom stereocenters. The quantitative estimate of drug-likeness (QED) is 0.800. The molecule has 0 aromatic carbocycles. The standard InChI is InChI=1S/C11H22N4/c1-5-15-11(13-7-14-15)6-10(12)9(4)8(2)3/h7-10H,5-6,12H2,1-4H3. The molecule has 0 fully saturated rings. The minimum atomic E-state index is 0.166. The van der Waals surface area contributed by atoms with Crippen LogP contribution >= 0.6 is 0 Å². The summed E-state index contributed by atoms with van der Waals surface area (Å²) in [5.74, 6) is 2.11.